The first-order valence-electron chi connectivity index (χ1n) is 9.58. The normalized spacial score (nSPS) is 15.9. The Bertz CT molecular complexity index is 560. The lowest BCUT2D eigenvalue weighted by Crippen LogP contribution is -2.38. The van der Waals surface area contributed by atoms with Crippen LogP contribution in [0.1, 0.15) is 37.3 Å². The molecule has 1 fully saturated rings. The first-order valence-corrected chi connectivity index (χ1v) is 10.8. The van der Waals surface area contributed by atoms with E-state index in [1.165, 1.54) is 16.0 Å². The van der Waals surface area contributed by atoms with Gasteiger partial charge in [0.05, 0.1) is 12.6 Å². The minimum Gasteiger partial charge on any atom is -0.381 e. The van der Waals surface area contributed by atoms with Crippen molar-refractivity contribution >= 4 is 17.7 Å². The number of aryl methyl sites for hydroxylation is 1. The molecular formula is C20H33N3O2S. The smallest absolute Gasteiger partial charge is 0.191 e. The Morgan fingerprint density at radius 3 is 2.85 bits per heavy atom. The van der Waals surface area contributed by atoms with Gasteiger partial charge in [0.1, 0.15) is 0 Å². The molecule has 0 unspecified atom stereocenters. The molecule has 2 N–H and O–H groups in total. The van der Waals surface area contributed by atoms with Gasteiger partial charge in [-0.25, -0.2) is 4.99 Å². The second kappa shape index (κ2) is 12.2. The van der Waals surface area contributed by atoms with Crippen LogP contribution in [0.3, 0.4) is 0 Å². The maximum atomic E-state index is 5.91. The number of guanidine groups is 1. The van der Waals surface area contributed by atoms with Crippen molar-refractivity contribution in [1.29, 1.82) is 0 Å². The van der Waals surface area contributed by atoms with Crippen LogP contribution in [-0.4, -0.2) is 51.2 Å². The molecule has 0 spiro atoms. The number of hydrogen-bond acceptors (Lipinski definition) is 4. The summed E-state index contributed by atoms with van der Waals surface area (Å²) in [7, 11) is 0. The SMILES string of the molecule is CCNC(=NCc1ccc(C)cc1SC)NCCCOC1CCOCC1. The monoisotopic (exact) mass is 379 g/mol. The van der Waals surface area contributed by atoms with Crippen molar-refractivity contribution in [2.75, 3.05) is 39.2 Å². The molecule has 146 valence electrons. The highest BCUT2D eigenvalue weighted by atomic mass is 32.2. The fraction of sp³-hybridized carbons (Fsp3) is 0.650. The van der Waals surface area contributed by atoms with Crippen LogP contribution in [0.4, 0.5) is 0 Å². The number of hydrogen-bond donors (Lipinski definition) is 2. The fourth-order valence-electron chi connectivity index (χ4n) is 2.86. The standard InChI is InChI=1S/C20H33N3O2S/c1-4-21-20(22-10-5-11-25-18-8-12-24-13-9-18)23-15-17-7-6-16(2)14-19(17)26-3/h6-7,14,18H,4-5,8-13,15H2,1-3H3,(H2,21,22,23). The fourth-order valence-corrected chi connectivity index (χ4v) is 3.56. The van der Waals surface area contributed by atoms with Crippen molar-refractivity contribution in [3.63, 3.8) is 0 Å². The quantitative estimate of drug-likeness (QED) is 0.298. The molecule has 1 heterocycles. The summed E-state index contributed by atoms with van der Waals surface area (Å²) in [6, 6.07) is 6.55. The molecule has 1 aromatic rings. The highest BCUT2D eigenvalue weighted by Crippen LogP contribution is 2.22. The van der Waals surface area contributed by atoms with Crippen LogP contribution in [0.25, 0.3) is 0 Å². The topological polar surface area (TPSA) is 54.9 Å². The van der Waals surface area contributed by atoms with Crippen LogP contribution in [-0.2, 0) is 16.0 Å². The van der Waals surface area contributed by atoms with Crippen molar-refractivity contribution in [2.24, 2.45) is 4.99 Å². The second-order valence-corrected chi connectivity index (χ2v) is 7.32. The van der Waals surface area contributed by atoms with Crippen LogP contribution in [0.15, 0.2) is 28.1 Å². The van der Waals surface area contributed by atoms with Gasteiger partial charge < -0.3 is 20.1 Å². The Hall–Kier alpha value is -1.24. The first-order chi connectivity index (χ1) is 12.7. The van der Waals surface area contributed by atoms with E-state index in [0.29, 0.717) is 12.6 Å². The average molecular weight is 380 g/mol. The lowest BCUT2D eigenvalue weighted by atomic mass is 10.1. The molecule has 1 aliphatic rings. The van der Waals surface area contributed by atoms with E-state index in [1.54, 1.807) is 11.8 Å². The minimum absolute atomic E-state index is 0.372. The zero-order chi connectivity index (χ0) is 18.6. The summed E-state index contributed by atoms with van der Waals surface area (Å²) in [5.74, 6) is 0.867. The Morgan fingerprint density at radius 1 is 1.31 bits per heavy atom. The molecule has 1 aromatic carbocycles. The van der Waals surface area contributed by atoms with Gasteiger partial charge in [-0.1, -0.05) is 12.1 Å². The molecule has 0 bridgehead atoms. The largest absolute Gasteiger partial charge is 0.381 e. The average Bonchev–Trinajstić information content (AvgIpc) is 2.67. The molecule has 0 radical (unpaired) electrons. The van der Waals surface area contributed by atoms with Crippen LogP contribution < -0.4 is 10.6 Å². The minimum atomic E-state index is 0.372. The second-order valence-electron chi connectivity index (χ2n) is 6.47. The zero-order valence-electron chi connectivity index (χ0n) is 16.3. The van der Waals surface area contributed by atoms with Crippen molar-refractivity contribution in [3.8, 4) is 0 Å². The molecule has 6 heteroatoms. The van der Waals surface area contributed by atoms with Gasteiger partial charge in [0.25, 0.3) is 0 Å². The van der Waals surface area contributed by atoms with E-state index in [0.717, 1.165) is 58.1 Å². The van der Waals surface area contributed by atoms with E-state index in [2.05, 4.69) is 48.9 Å². The molecular weight excluding hydrogens is 346 g/mol. The zero-order valence-corrected chi connectivity index (χ0v) is 17.2. The Balaban J connectivity index is 1.75. The number of aliphatic imine (C=N–C) groups is 1. The lowest BCUT2D eigenvalue weighted by molar-refractivity contribution is -0.0320. The van der Waals surface area contributed by atoms with Crippen molar-refractivity contribution in [1.82, 2.24) is 10.6 Å². The molecule has 0 amide bonds. The van der Waals surface area contributed by atoms with Gasteiger partial charge in [-0.15, -0.1) is 11.8 Å². The molecule has 5 nitrogen and oxygen atoms in total. The predicted molar refractivity (Wildman–Crippen MR) is 110 cm³/mol. The lowest BCUT2D eigenvalue weighted by Gasteiger charge is -2.22. The van der Waals surface area contributed by atoms with Gasteiger partial charge in [-0.3, -0.25) is 0 Å². The van der Waals surface area contributed by atoms with Gasteiger partial charge in [0, 0.05) is 37.8 Å². The van der Waals surface area contributed by atoms with Gasteiger partial charge in [0.15, 0.2) is 5.96 Å². The first kappa shape index (κ1) is 21.1. The van der Waals surface area contributed by atoms with Crippen LogP contribution >= 0.6 is 11.8 Å². The van der Waals surface area contributed by atoms with Crippen LogP contribution in [0.5, 0.6) is 0 Å². The highest BCUT2D eigenvalue weighted by Gasteiger charge is 2.13. The summed E-state index contributed by atoms with van der Waals surface area (Å²) >= 11 is 1.78. The van der Waals surface area contributed by atoms with Gasteiger partial charge >= 0.3 is 0 Å². The molecule has 1 saturated heterocycles. The van der Waals surface area contributed by atoms with E-state index < -0.39 is 0 Å². The third kappa shape index (κ3) is 7.56. The van der Waals surface area contributed by atoms with Gasteiger partial charge in [0.2, 0.25) is 0 Å². The number of rotatable bonds is 9. The molecule has 26 heavy (non-hydrogen) atoms. The van der Waals surface area contributed by atoms with Crippen molar-refractivity contribution in [3.05, 3.63) is 29.3 Å². The molecule has 0 aromatic heterocycles. The van der Waals surface area contributed by atoms with E-state index in [1.807, 2.05) is 0 Å². The molecule has 2 rings (SSSR count). The van der Waals surface area contributed by atoms with Gasteiger partial charge in [-0.2, -0.15) is 0 Å². The number of nitrogens with zero attached hydrogens (tertiary/aromatic N) is 1. The number of benzene rings is 1. The number of nitrogens with one attached hydrogen (secondary N) is 2. The third-order valence-electron chi connectivity index (χ3n) is 4.33. The van der Waals surface area contributed by atoms with Crippen LogP contribution in [0, 0.1) is 6.92 Å². The Morgan fingerprint density at radius 2 is 2.12 bits per heavy atom. The summed E-state index contributed by atoms with van der Waals surface area (Å²) in [5.41, 5.74) is 2.56. The summed E-state index contributed by atoms with van der Waals surface area (Å²) in [4.78, 5) is 6.03. The van der Waals surface area contributed by atoms with Crippen molar-refractivity contribution in [2.45, 2.75) is 50.7 Å². The molecule has 0 atom stereocenters. The predicted octanol–water partition coefficient (Wildman–Crippen LogP) is 3.36. The Labute approximate surface area is 162 Å². The van der Waals surface area contributed by atoms with E-state index in [9.17, 15) is 0 Å². The molecule has 0 saturated carbocycles. The maximum Gasteiger partial charge on any atom is 0.191 e. The summed E-state index contributed by atoms with van der Waals surface area (Å²) in [6.07, 6.45) is 5.50. The molecule has 0 aliphatic carbocycles. The summed E-state index contributed by atoms with van der Waals surface area (Å²) in [5, 5.41) is 6.72. The van der Waals surface area contributed by atoms with E-state index in [-0.39, 0.29) is 0 Å². The van der Waals surface area contributed by atoms with E-state index in [4.69, 9.17) is 14.5 Å². The summed E-state index contributed by atoms with van der Waals surface area (Å²) < 4.78 is 11.3. The van der Waals surface area contributed by atoms with E-state index >= 15 is 0 Å². The third-order valence-corrected chi connectivity index (χ3v) is 5.15. The van der Waals surface area contributed by atoms with Crippen LogP contribution in [0.2, 0.25) is 0 Å². The molecule has 1 aliphatic heterocycles. The maximum absolute atomic E-state index is 5.91. The number of ether oxygens (including phenoxy) is 2. The van der Waals surface area contributed by atoms with Crippen molar-refractivity contribution < 1.29 is 9.47 Å². The Kier molecular flexibility index (Phi) is 9.89. The summed E-state index contributed by atoms with van der Waals surface area (Å²) in [6.45, 7) is 9.06. The van der Waals surface area contributed by atoms with Gasteiger partial charge in [-0.05, 0) is 56.6 Å². The highest BCUT2D eigenvalue weighted by molar-refractivity contribution is 7.98. The number of thioether (sulfide) groups is 1.